The maximum atomic E-state index is 8.84. The molecule has 0 aromatic heterocycles. The summed E-state index contributed by atoms with van der Waals surface area (Å²) in [6, 6.07) is 0. The third kappa shape index (κ3) is 2.10. The molecule has 14 heavy (non-hydrogen) atoms. The zero-order valence-electron chi connectivity index (χ0n) is 9.62. The molecule has 84 valence electrons. The van der Waals surface area contributed by atoms with Crippen LogP contribution in [0.15, 0.2) is 0 Å². The monoisotopic (exact) mass is 202 g/mol. The van der Waals surface area contributed by atoms with Crippen molar-refractivity contribution in [2.75, 3.05) is 13.2 Å². The van der Waals surface area contributed by atoms with Gasteiger partial charge in [0.05, 0.1) is 12.7 Å². The summed E-state index contributed by atoms with van der Waals surface area (Å²) in [6.07, 6.45) is 0.728. The first-order chi connectivity index (χ1) is 6.53. The molecule has 0 spiro atoms. The van der Waals surface area contributed by atoms with Crippen LogP contribution in [0.1, 0.15) is 34.1 Å². The lowest BCUT2D eigenvalue weighted by Crippen LogP contribution is -2.42. The molecule has 0 amide bonds. The summed E-state index contributed by atoms with van der Waals surface area (Å²) in [4.78, 5) is 0. The molecule has 1 aliphatic rings. The minimum absolute atomic E-state index is 0.0600. The van der Waals surface area contributed by atoms with Gasteiger partial charge in [0, 0.05) is 18.4 Å². The van der Waals surface area contributed by atoms with Gasteiger partial charge in [0.2, 0.25) is 0 Å². The molecule has 0 aromatic carbocycles. The van der Waals surface area contributed by atoms with E-state index in [9.17, 15) is 0 Å². The number of hydrogen-bond donors (Lipinski definition) is 1. The second-order valence-corrected chi connectivity index (χ2v) is 4.59. The van der Waals surface area contributed by atoms with Crippen LogP contribution in [0.5, 0.6) is 0 Å². The molecule has 0 unspecified atom stereocenters. The Morgan fingerprint density at radius 3 is 2.21 bits per heavy atom. The maximum absolute atomic E-state index is 8.84. The molecule has 1 heterocycles. The summed E-state index contributed by atoms with van der Waals surface area (Å²) in [7, 11) is 0. The lowest BCUT2D eigenvalue weighted by molar-refractivity contribution is -0.226. The Morgan fingerprint density at radius 2 is 1.86 bits per heavy atom. The molecule has 0 radical (unpaired) electrons. The van der Waals surface area contributed by atoms with E-state index in [0.717, 1.165) is 0 Å². The van der Waals surface area contributed by atoms with Crippen LogP contribution in [0.25, 0.3) is 0 Å². The normalized spacial score (nSPS) is 26.4. The highest BCUT2D eigenvalue weighted by molar-refractivity contribution is 4.84. The highest BCUT2D eigenvalue weighted by Gasteiger charge is 2.46. The van der Waals surface area contributed by atoms with E-state index in [1.165, 1.54) is 0 Å². The standard InChI is InChI=1S/C11H22O3/c1-8(2)11(9(3)4)13-7-10(14-11)5-6-12/h8-10,12H,5-7H2,1-4H3/t10-/m0/s1. The molecule has 1 atom stereocenters. The van der Waals surface area contributed by atoms with Crippen molar-refractivity contribution in [2.24, 2.45) is 11.8 Å². The van der Waals surface area contributed by atoms with Crippen LogP contribution >= 0.6 is 0 Å². The van der Waals surface area contributed by atoms with Crippen molar-refractivity contribution in [3.63, 3.8) is 0 Å². The van der Waals surface area contributed by atoms with Crippen molar-refractivity contribution in [1.29, 1.82) is 0 Å². The number of hydrogen-bond acceptors (Lipinski definition) is 3. The van der Waals surface area contributed by atoms with Gasteiger partial charge in [-0.1, -0.05) is 27.7 Å². The molecular weight excluding hydrogens is 180 g/mol. The van der Waals surface area contributed by atoms with Crippen molar-refractivity contribution in [2.45, 2.75) is 46.0 Å². The summed E-state index contributed by atoms with van der Waals surface area (Å²) in [6.45, 7) is 9.22. The fourth-order valence-corrected chi connectivity index (χ4v) is 2.11. The summed E-state index contributed by atoms with van der Waals surface area (Å²) in [5, 5.41) is 8.84. The molecule has 1 fully saturated rings. The lowest BCUT2D eigenvalue weighted by Gasteiger charge is -2.35. The van der Waals surface area contributed by atoms with E-state index in [1.807, 2.05) is 0 Å². The number of aliphatic hydroxyl groups excluding tert-OH is 1. The van der Waals surface area contributed by atoms with E-state index in [-0.39, 0.29) is 12.7 Å². The second kappa shape index (κ2) is 4.60. The fraction of sp³-hybridized carbons (Fsp3) is 1.00. The third-order valence-corrected chi connectivity index (χ3v) is 2.91. The molecule has 0 aliphatic carbocycles. The van der Waals surface area contributed by atoms with E-state index in [4.69, 9.17) is 14.6 Å². The zero-order valence-corrected chi connectivity index (χ0v) is 9.62. The SMILES string of the molecule is CC(C)C1(C(C)C)OC[C@H](CCO)O1. The van der Waals surface area contributed by atoms with Gasteiger partial charge in [-0.15, -0.1) is 0 Å². The Kier molecular flexibility index (Phi) is 3.93. The van der Waals surface area contributed by atoms with E-state index in [2.05, 4.69) is 27.7 Å². The summed E-state index contributed by atoms with van der Waals surface area (Å²) in [5.74, 6) is 0.234. The minimum atomic E-state index is -0.445. The van der Waals surface area contributed by atoms with Crippen LogP contribution < -0.4 is 0 Å². The fourth-order valence-electron chi connectivity index (χ4n) is 2.11. The lowest BCUT2D eigenvalue weighted by atomic mass is 9.91. The van der Waals surface area contributed by atoms with Crippen molar-refractivity contribution in [3.8, 4) is 0 Å². The average molecular weight is 202 g/mol. The topological polar surface area (TPSA) is 38.7 Å². The first-order valence-electron chi connectivity index (χ1n) is 5.45. The minimum Gasteiger partial charge on any atom is -0.396 e. The zero-order chi connectivity index (χ0) is 10.8. The molecule has 0 saturated carbocycles. The Bertz CT molecular complexity index is 169. The number of ether oxygens (including phenoxy) is 2. The van der Waals surface area contributed by atoms with Gasteiger partial charge in [-0.25, -0.2) is 0 Å². The maximum Gasteiger partial charge on any atom is 0.173 e. The Labute approximate surface area is 86.4 Å². The molecule has 1 rings (SSSR count). The number of aliphatic hydroxyl groups is 1. The van der Waals surface area contributed by atoms with Gasteiger partial charge in [0.1, 0.15) is 0 Å². The van der Waals surface area contributed by atoms with Crippen LogP contribution in [0, 0.1) is 11.8 Å². The molecule has 1 aliphatic heterocycles. The first-order valence-corrected chi connectivity index (χ1v) is 5.45. The largest absolute Gasteiger partial charge is 0.396 e. The Morgan fingerprint density at radius 1 is 1.29 bits per heavy atom. The van der Waals surface area contributed by atoms with Crippen molar-refractivity contribution in [1.82, 2.24) is 0 Å². The van der Waals surface area contributed by atoms with E-state index in [1.54, 1.807) is 0 Å². The summed E-state index contributed by atoms with van der Waals surface area (Å²) < 4.78 is 11.7. The highest BCUT2D eigenvalue weighted by Crippen LogP contribution is 2.38. The predicted octanol–water partition coefficient (Wildman–Crippen LogP) is 1.79. The molecule has 3 nitrogen and oxygen atoms in total. The van der Waals surface area contributed by atoms with Gasteiger partial charge in [-0.2, -0.15) is 0 Å². The second-order valence-electron chi connectivity index (χ2n) is 4.59. The van der Waals surface area contributed by atoms with E-state index < -0.39 is 5.79 Å². The molecule has 0 aromatic rings. The Balaban J connectivity index is 2.65. The third-order valence-electron chi connectivity index (χ3n) is 2.91. The Hall–Kier alpha value is -0.120. The van der Waals surface area contributed by atoms with Gasteiger partial charge in [-0.05, 0) is 6.42 Å². The van der Waals surface area contributed by atoms with E-state index in [0.29, 0.717) is 24.9 Å². The quantitative estimate of drug-likeness (QED) is 0.755. The van der Waals surface area contributed by atoms with Crippen LogP contribution in [0.2, 0.25) is 0 Å². The van der Waals surface area contributed by atoms with Gasteiger partial charge in [0.15, 0.2) is 5.79 Å². The summed E-state index contributed by atoms with van der Waals surface area (Å²) in [5.41, 5.74) is 0. The van der Waals surface area contributed by atoms with Gasteiger partial charge < -0.3 is 14.6 Å². The van der Waals surface area contributed by atoms with Gasteiger partial charge >= 0.3 is 0 Å². The van der Waals surface area contributed by atoms with Crippen molar-refractivity contribution < 1.29 is 14.6 Å². The predicted molar refractivity (Wildman–Crippen MR) is 54.9 cm³/mol. The van der Waals surface area contributed by atoms with Crippen molar-refractivity contribution in [3.05, 3.63) is 0 Å². The number of rotatable bonds is 4. The summed E-state index contributed by atoms with van der Waals surface area (Å²) >= 11 is 0. The molecule has 0 bridgehead atoms. The average Bonchev–Trinajstić information content (AvgIpc) is 2.50. The first kappa shape index (κ1) is 12.0. The van der Waals surface area contributed by atoms with Crippen LogP contribution in [-0.4, -0.2) is 30.2 Å². The highest BCUT2D eigenvalue weighted by atomic mass is 16.7. The van der Waals surface area contributed by atoms with Gasteiger partial charge in [-0.3, -0.25) is 0 Å². The van der Waals surface area contributed by atoms with Crippen LogP contribution in [0.3, 0.4) is 0 Å². The van der Waals surface area contributed by atoms with Crippen LogP contribution in [0.4, 0.5) is 0 Å². The van der Waals surface area contributed by atoms with Crippen LogP contribution in [-0.2, 0) is 9.47 Å². The molecule has 1 N–H and O–H groups in total. The van der Waals surface area contributed by atoms with Gasteiger partial charge in [0.25, 0.3) is 0 Å². The van der Waals surface area contributed by atoms with E-state index >= 15 is 0 Å². The smallest absolute Gasteiger partial charge is 0.173 e. The van der Waals surface area contributed by atoms with Crippen molar-refractivity contribution >= 4 is 0 Å². The molecule has 3 heteroatoms. The molecule has 1 saturated heterocycles. The molecular formula is C11H22O3.